The number of alkyl carbamates (subject to hydrolysis) is 1. The molecule has 4 nitrogen and oxygen atoms in total. The molecule has 1 N–H and O–H groups in total. The molecule has 0 unspecified atom stereocenters. The van der Waals surface area contributed by atoms with E-state index in [9.17, 15) is 9.18 Å². The van der Waals surface area contributed by atoms with E-state index in [4.69, 9.17) is 9.47 Å². The second-order valence-corrected chi connectivity index (χ2v) is 6.81. The van der Waals surface area contributed by atoms with Crippen LogP contribution in [0.4, 0.5) is 9.18 Å². The summed E-state index contributed by atoms with van der Waals surface area (Å²) >= 11 is 0. The number of ether oxygens (including phenoxy) is 2. The van der Waals surface area contributed by atoms with Crippen molar-refractivity contribution >= 4 is 6.09 Å². The van der Waals surface area contributed by atoms with Crippen LogP contribution in [0.2, 0.25) is 0 Å². The molecule has 1 saturated carbocycles. The fourth-order valence-electron chi connectivity index (χ4n) is 1.96. The van der Waals surface area contributed by atoms with Gasteiger partial charge in [0.2, 0.25) is 0 Å². The maximum atomic E-state index is 13.8. The minimum atomic E-state index is -0.550. The highest BCUT2D eigenvalue weighted by atomic mass is 19.1. The van der Waals surface area contributed by atoms with E-state index in [1.165, 1.54) is 6.07 Å². The standard InChI is InChI=1S/C17H24FNO3/c1-11(19-16(20)22-17(2,3)4)13-7-8-14(18)15(9-13)21-10-12-5-6-12/h7-9,11-12H,5-6,10H2,1-4H3,(H,19,20)/t11-/m1/s1. The third kappa shape index (κ3) is 5.20. The molecule has 1 aromatic rings. The molecular weight excluding hydrogens is 285 g/mol. The Morgan fingerprint density at radius 1 is 1.41 bits per heavy atom. The van der Waals surface area contributed by atoms with Crippen molar-refractivity contribution in [2.24, 2.45) is 5.92 Å². The summed E-state index contributed by atoms with van der Waals surface area (Å²) in [6, 6.07) is 4.35. The fourth-order valence-corrected chi connectivity index (χ4v) is 1.96. The number of rotatable bonds is 5. The summed E-state index contributed by atoms with van der Waals surface area (Å²) in [6.07, 6.45) is 1.81. The Morgan fingerprint density at radius 2 is 2.09 bits per heavy atom. The number of nitrogens with one attached hydrogen (secondary N) is 1. The van der Waals surface area contributed by atoms with Gasteiger partial charge in [0.15, 0.2) is 11.6 Å². The molecule has 0 radical (unpaired) electrons. The molecule has 1 atom stereocenters. The quantitative estimate of drug-likeness (QED) is 0.886. The highest BCUT2D eigenvalue weighted by Crippen LogP contribution is 2.31. The lowest BCUT2D eigenvalue weighted by Gasteiger charge is -2.22. The van der Waals surface area contributed by atoms with Crippen LogP contribution in [0.3, 0.4) is 0 Å². The number of hydrogen-bond donors (Lipinski definition) is 1. The van der Waals surface area contributed by atoms with Crippen LogP contribution in [0.5, 0.6) is 5.75 Å². The van der Waals surface area contributed by atoms with Crippen LogP contribution in [0.15, 0.2) is 18.2 Å². The average Bonchev–Trinajstić information content (AvgIpc) is 3.19. The average molecular weight is 309 g/mol. The zero-order valence-corrected chi connectivity index (χ0v) is 13.6. The van der Waals surface area contributed by atoms with Gasteiger partial charge in [0.1, 0.15) is 5.60 Å². The van der Waals surface area contributed by atoms with E-state index < -0.39 is 11.7 Å². The number of amides is 1. The van der Waals surface area contributed by atoms with Crippen LogP contribution >= 0.6 is 0 Å². The Bertz CT molecular complexity index is 535. The summed E-state index contributed by atoms with van der Waals surface area (Å²) in [5, 5.41) is 2.74. The second-order valence-electron chi connectivity index (χ2n) is 6.81. The van der Waals surface area contributed by atoms with Crippen LogP contribution in [-0.2, 0) is 4.74 Å². The Morgan fingerprint density at radius 3 is 2.68 bits per heavy atom. The highest BCUT2D eigenvalue weighted by Gasteiger charge is 2.23. The maximum absolute atomic E-state index is 13.8. The predicted molar refractivity (Wildman–Crippen MR) is 82.4 cm³/mol. The SMILES string of the molecule is C[C@@H](NC(=O)OC(C)(C)C)c1ccc(F)c(OCC2CC2)c1. The molecule has 0 heterocycles. The monoisotopic (exact) mass is 309 g/mol. The lowest BCUT2D eigenvalue weighted by molar-refractivity contribution is 0.0508. The number of carbonyl (C=O) groups excluding carboxylic acids is 1. The van der Waals surface area contributed by atoms with Gasteiger partial charge in [0, 0.05) is 0 Å². The Hall–Kier alpha value is -1.78. The molecule has 0 bridgehead atoms. The van der Waals surface area contributed by atoms with Crippen molar-refractivity contribution in [1.29, 1.82) is 0 Å². The number of halogens is 1. The predicted octanol–water partition coefficient (Wildman–Crippen LogP) is 4.20. The van der Waals surface area contributed by atoms with Gasteiger partial charge < -0.3 is 14.8 Å². The molecule has 1 fully saturated rings. The normalized spacial score (nSPS) is 16.0. The van der Waals surface area contributed by atoms with E-state index in [0.29, 0.717) is 12.5 Å². The molecule has 0 saturated heterocycles. The van der Waals surface area contributed by atoms with Crippen molar-refractivity contribution in [2.45, 2.75) is 52.2 Å². The lowest BCUT2D eigenvalue weighted by Crippen LogP contribution is -2.34. The van der Waals surface area contributed by atoms with Crippen molar-refractivity contribution < 1.29 is 18.7 Å². The van der Waals surface area contributed by atoms with Gasteiger partial charge in [-0.05, 0) is 64.2 Å². The summed E-state index contributed by atoms with van der Waals surface area (Å²) in [4.78, 5) is 11.8. The first-order valence-electron chi connectivity index (χ1n) is 7.66. The summed E-state index contributed by atoms with van der Waals surface area (Å²) < 4.78 is 24.5. The van der Waals surface area contributed by atoms with E-state index >= 15 is 0 Å². The third-order valence-electron chi connectivity index (χ3n) is 3.36. The largest absolute Gasteiger partial charge is 0.490 e. The van der Waals surface area contributed by atoms with Crippen molar-refractivity contribution in [3.05, 3.63) is 29.6 Å². The first kappa shape index (κ1) is 16.6. The Balaban J connectivity index is 1.97. The van der Waals surface area contributed by atoms with Gasteiger partial charge in [-0.3, -0.25) is 0 Å². The van der Waals surface area contributed by atoms with E-state index in [-0.39, 0.29) is 17.6 Å². The molecule has 1 aromatic carbocycles. The smallest absolute Gasteiger partial charge is 0.408 e. The van der Waals surface area contributed by atoms with E-state index in [2.05, 4.69) is 5.32 Å². The maximum Gasteiger partial charge on any atom is 0.408 e. The molecule has 1 amide bonds. The molecule has 1 aliphatic carbocycles. The molecule has 2 rings (SSSR count). The molecular formula is C17H24FNO3. The van der Waals surface area contributed by atoms with Crippen LogP contribution in [0.1, 0.15) is 52.1 Å². The van der Waals surface area contributed by atoms with Gasteiger partial charge in [-0.1, -0.05) is 6.07 Å². The zero-order valence-electron chi connectivity index (χ0n) is 13.6. The van der Waals surface area contributed by atoms with Gasteiger partial charge in [-0.15, -0.1) is 0 Å². The summed E-state index contributed by atoms with van der Waals surface area (Å²) in [5.41, 5.74) is 0.226. The molecule has 5 heteroatoms. The van der Waals surface area contributed by atoms with Gasteiger partial charge in [0.25, 0.3) is 0 Å². The van der Waals surface area contributed by atoms with Crippen LogP contribution in [0.25, 0.3) is 0 Å². The van der Waals surface area contributed by atoms with Gasteiger partial charge >= 0.3 is 6.09 Å². The first-order valence-corrected chi connectivity index (χ1v) is 7.66. The number of benzene rings is 1. The van der Waals surface area contributed by atoms with Gasteiger partial charge in [-0.25, -0.2) is 9.18 Å². The fraction of sp³-hybridized carbons (Fsp3) is 0.588. The summed E-state index contributed by atoms with van der Waals surface area (Å²) in [5.74, 6) is 0.413. The van der Waals surface area contributed by atoms with Crippen molar-refractivity contribution in [2.75, 3.05) is 6.61 Å². The second kappa shape index (κ2) is 6.55. The first-order chi connectivity index (χ1) is 10.2. The minimum absolute atomic E-state index is 0.238. The third-order valence-corrected chi connectivity index (χ3v) is 3.36. The highest BCUT2D eigenvalue weighted by molar-refractivity contribution is 5.68. The van der Waals surface area contributed by atoms with E-state index in [0.717, 1.165) is 18.4 Å². The number of hydrogen-bond acceptors (Lipinski definition) is 3. The van der Waals surface area contributed by atoms with Gasteiger partial charge in [-0.2, -0.15) is 0 Å². The minimum Gasteiger partial charge on any atom is -0.490 e. The van der Waals surface area contributed by atoms with Crippen molar-refractivity contribution in [3.8, 4) is 5.75 Å². The molecule has 1 aliphatic rings. The van der Waals surface area contributed by atoms with Crippen LogP contribution < -0.4 is 10.1 Å². The molecule has 22 heavy (non-hydrogen) atoms. The Kier molecular flexibility index (Phi) is 4.94. The van der Waals surface area contributed by atoms with Crippen LogP contribution in [-0.4, -0.2) is 18.3 Å². The van der Waals surface area contributed by atoms with Crippen LogP contribution in [0, 0.1) is 11.7 Å². The molecule has 0 aliphatic heterocycles. The van der Waals surface area contributed by atoms with E-state index in [1.807, 2.05) is 6.92 Å². The summed E-state index contributed by atoms with van der Waals surface area (Å²) in [7, 11) is 0. The lowest BCUT2D eigenvalue weighted by atomic mass is 10.1. The van der Waals surface area contributed by atoms with E-state index in [1.54, 1.807) is 32.9 Å². The van der Waals surface area contributed by atoms with Crippen molar-refractivity contribution in [1.82, 2.24) is 5.32 Å². The Labute approximate surface area is 131 Å². The molecule has 0 spiro atoms. The topological polar surface area (TPSA) is 47.6 Å². The molecule has 122 valence electrons. The number of carbonyl (C=O) groups is 1. The van der Waals surface area contributed by atoms with Crippen molar-refractivity contribution in [3.63, 3.8) is 0 Å². The van der Waals surface area contributed by atoms with Gasteiger partial charge in [0.05, 0.1) is 12.6 Å². The summed E-state index contributed by atoms with van der Waals surface area (Å²) in [6.45, 7) is 7.78. The zero-order chi connectivity index (χ0) is 16.3. The molecule has 0 aromatic heterocycles.